The number of ether oxygens (including phenoxy) is 1. The van der Waals surface area contributed by atoms with Gasteiger partial charge in [0.1, 0.15) is 18.1 Å². The minimum Gasteiger partial charge on any atom is -0.507 e. The van der Waals surface area contributed by atoms with Gasteiger partial charge in [0.25, 0.3) is 11.7 Å². The number of ketones is 1. The first-order valence-corrected chi connectivity index (χ1v) is 13.6. The summed E-state index contributed by atoms with van der Waals surface area (Å²) in [6.07, 6.45) is 6.82. The molecule has 1 aromatic heterocycles. The van der Waals surface area contributed by atoms with Gasteiger partial charge in [0.15, 0.2) is 0 Å². The summed E-state index contributed by atoms with van der Waals surface area (Å²) in [5.74, 6) is -0.825. The smallest absolute Gasteiger partial charge is 0.295 e. The third-order valence-electron chi connectivity index (χ3n) is 7.23. The van der Waals surface area contributed by atoms with Crippen molar-refractivity contribution in [2.45, 2.75) is 45.9 Å². The number of rotatable bonds is 10. The van der Waals surface area contributed by atoms with Crippen LogP contribution in [0, 0.1) is 6.92 Å². The maximum atomic E-state index is 13.3. The molecule has 2 heterocycles. The molecule has 4 aromatic rings. The number of aryl methyl sites for hydroxylation is 3. The van der Waals surface area contributed by atoms with E-state index in [0.717, 1.165) is 23.1 Å². The molecule has 204 valence electrons. The molecule has 3 aromatic carbocycles. The highest BCUT2D eigenvalue weighted by molar-refractivity contribution is 6.46. The van der Waals surface area contributed by atoms with Gasteiger partial charge in [0.2, 0.25) is 0 Å². The lowest BCUT2D eigenvalue weighted by Crippen LogP contribution is -2.31. The molecule has 0 aliphatic carbocycles. The van der Waals surface area contributed by atoms with Crippen molar-refractivity contribution in [3.63, 3.8) is 0 Å². The van der Waals surface area contributed by atoms with Crippen molar-refractivity contribution < 1.29 is 19.4 Å². The van der Waals surface area contributed by atoms with Gasteiger partial charge in [-0.05, 0) is 60.7 Å². The Hall–Kier alpha value is -4.65. The fourth-order valence-corrected chi connectivity index (χ4v) is 5.07. The van der Waals surface area contributed by atoms with Crippen molar-refractivity contribution in [2.24, 2.45) is 0 Å². The summed E-state index contributed by atoms with van der Waals surface area (Å²) in [5.41, 5.74) is 4.73. The largest absolute Gasteiger partial charge is 0.507 e. The van der Waals surface area contributed by atoms with Gasteiger partial charge in [-0.15, -0.1) is 0 Å². The SMILES string of the molecule is CCc1ccc([C@H]2C(=C(O)c3ccc(OCc4cccc(C)c4)cc3)C(=O)C(=O)N2CCCn2ccnc2)cc1. The van der Waals surface area contributed by atoms with E-state index in [1.807, 2.05) is 60.2 Å². The van der Waals surface area contributed by atoms with Crippen LogP contribution in [0.4, 0.5) is 0 Å². The van der Waals surface area contributed by atoms with Crippen LogP contribution in [0.3, 0.4) is 0 Å². The van der Waals surface area contributed by atoms with Gasteiger partial charge in [-0.2, -0.15) is 0 Å². The van der Waals surface area contributed by atoms with E-state index < -0.39 is 17.7 Å². The lowest BCUT2D eigenvalue weighted by Gasteiger charge is -2.25. The Bertz CT molecular complexity index is 1510. The van der Waals surface area contributed by atoms with E-state index >= 15 is 0 Å². The lowest BCUT2D eigenvalue weighted by atomic mass is 9.94. The highest BCUT2D eigenvalue weighted by atomic mass is 16.5. The summed E-state index contributed by atoms with van der Waals surface area (Å²) in [4.78, 5) is 32.2. The number of aromatic nitrogens is 2. The molecule has 1 aliphatic heterocycles. The van der Waals surface area contributed by atoms with E-state index in [4.69, 9.17) is 4.74 Å². The normalized spacial score (nSPS) is 16.4. The number of hydrogen-bond acceptors (Lipinski definition) is 5. The molecular weight excluding hydrogens is 502 g/mol. The van der Waals surface area contributed by atoms with Gasteiger partial charge in [0, 0.05) is 31.0 Å². The molecule has 40 heavy (non-hydrogen) atoms. The van der Waals surface area contributed by atoms with Gasteiger partial charge in [-0.3, -0.25) is 9.59 Å². The van der Waals surface area contributed by atoms with Crippen LogP contribution < -0.4 is 4.74 Å². The third kappa shape index (κ3) is 5.83. The zero-order chi connectivity index (χ0) is 28.1. The van der Waals surface area contributed by atoms with Crippen LogP contribution in [0.1, 0.15) is 47.2 Å². The third-order valence-corrected chi connectivity index (χ3v) is 7.23. The van der Waals surface area contributed by atoms with Crippen molar-refractivity contribution in [1.82, 2.24) is 14.5 Å². The molecule has 0 saturated carbocycles. The molecule has 7 nitrogen and oxygen atoms in total. The molecule has 0 unspecified atom stereocenters. The number of aliphatic hydroxyl groups is 1. The first-order valence-electron chi connectivity index (χ1n) is 13.6. The Morgan fingerprint density at radius 3 is 2.42 bits per heavy atom. The quantitative estimate of drug-likeness (QED) is 0.157. The first kappa shape index (κ1) is 26.9. The summed E-state index contributed by atoms with van der Waals surface area (Å²) in [6, 6.07) is 22.3. The van der Waals surface area contributed by atoms with Gasteiger partial charge < -0.3 is 19.3 Å². The minimum absolute atomic E-state index is 0.102. The van der Waals surface area contributed by atoms with Crippen LogP contribution in [0.5, 0.6) is 5.75 Å². The standard InChI is InChI=1S/C33H33N3O4/c1-3-24-8-10-26(11-9-24)30-29(32(38)33(39)36(30)18-5-17-35-19-16-34-22-35)31(37)27-12-14-28(15-13-27)40-21-25-7-4-6-23(2)20-25/h4,6-16,19-20,22,30,37H,3,5,17-18,21H2,1-2H3/t30-/m0/s1. The second kappa shape index (κ2) is 12.0. The van der Waals surface area contributed by atoms with Crippen molar-refractivity contribution in [2.75, 3.05) is 6.54 Å². The zero-order valence-electron chi connectivity index (χ0n) is 22.8. The molecular formula is C33H33N3O4. The van der Waals surface area contributed by atoms with E-state index in [1.165, 1.54) is 5.56 Å². The molecule has 1 aliphatic rings. The van der Waals surface area contributed by atoms with Crippen molar-refractivity contribution in [1.29, 1.82) is 0 Å². The van der Waals surface area contributed by atoms with Crippen molar-refractivity contribution >= 4 is 17.4 Å². The highest BCUT2D eigenvalue weighted by Crippen LogP contribution is 2.39. The average Bonchev–Trinajstić information content (AvgIpc) is 3.58. The van der Waals surface area contributed by atoms with Gasteiger partial charge in [0.05, 0.1) is 17.9 Å². The Balaban J connectivity index is 1.41. The maximum Gasteiger partial charge on any atom is 0.295 e. The second-order valence-corrected chi connectivity index (χ2v) is 10.0. The average molecular weight is 536 g/mol. The van der Waals surface area contributed by atoms with Crippen LogP contribution >= 0.6 is 0 Å². The Labute approximate surface area is 234 Å². The number of amides is 1. The van der Waals surface area contributed by atoms with E-state index in [0.29, 0.717) is 37.4 Å². The number of aliphatic hydroxyl groups excluding tert-OH is 1. The van der Waals surface area contributed by atoms with Crippen LogP contribution in [-0.2, 0) is 29.2 Å². The molecule has 0 bridgehead atoms. The molecule has 1 atom stereocenters. The Morgan fingerprint density at radius 1 is 0.975 bits per heavy atom. The van der Waals surface area contributed by atoms with E-state index in [1.54, 1.807) is 41.7 Å². The Kier molecular flexibility index (Phi) is 8.10. The summed E-state index contributed by atoms with van der Waals surface area (Å²) < 4.78 is 7.85. The van der Waals surface area contributed by atoms with Crippen LogP contribution in [0.15, 0.2) is 97.1 Å². The van der Waals surface area contributed by atoms with E-state index in [-0.39, 0.29) is 11.3 Å². The molecule has 1 N–H and O–H groups in total. The monoisotopic (exact) mass is 535 g/mol. The predicted octanol–water partition coefficient (Wildman–Crippen LogP) is 5.84. The zero-order valence-corrected chi connectivity index (χ0v) is 22.8. The molecule has 0 radical (unpaired) electrons. The van der Waals surface area contributed by atoms with E-state index in [2.05, 4.69) is 18.0 Å². The van der Waals surface area contributed by atoms with Crippen LogP contribution in [0.2, 0.25) is 0 Å². The first-order chi connectivity index (χ1) is 19.4. The number of Topliss-reactive ketones (excluding diaryl/α,β-unsaturated/α-hetero) is 1. The number of hydrogen-bond donors (Lipinski definition) is 1. The number of benzene rings is 3. The van der Waals surface area contributed by atoms with Crippen LogP contribution in [0.25, 0.3) is 5.76 Å². The van der Waals surface area contributed by atoms with Gasteiger partial charge in [-0.25, -0.2) is 4.98 Å². The van der Waals surface area contributed by atoms with Crippen molar-refractivity contribution in [3.05, 3.63) is 125 Å². The highest BCUT2D eigenvalue weighted by Gasteiger charge is 2.45. The topological polar surface area (TPSA) is 84.7 Å². The van der Waals surface area contributed by atoms with Crippen LogP contribution in [-0.4, -0.2) is 37.8 Å². The lowest BCUT2D eigenvalue weighted by molar-refractivity contribution is -0.139. The van der Waals surface area contributed by atoms with Gasteiger partial charge >= 0.3 is 0 Å². The number of carbonyl (C=O) groups excluding carboxylic acids is 2. The predicted molar refractivity (Wildman–Crippen MR) is 154 cm³/mol. The van der Waals surface area contributed by atoms with Crippen molar-refractivity contribution in [3.8, 4) is 5.75 Å². The number of carbonyl (C=O) groups is 2. The minimum atomic E-state index is -0.676. The molecule has 0 spiro atoms. The Morgan fingerprint density at radius 2 is 1.75 bits per heavy atom. The second-order valence-electron chi connectivity index (χ2n) is 10.0. The molecule has 1 fully saturated rings. The van der Waals surface area contributed by atoms with E-state index in [9.17, 15) is 14.7 Å². The maximum absolute atomic E-state index is 13.3. The summed E-state index contributed by atoms with van der Waals surface area (Å²) in [5, 5.41) is 11.4. The molecule has 1 amide bonds. The summed E-state index contributed by atoms with van der Waals surface area (Å²) in [7, 11) is 0. The molecule has 7 heteroatoms. The molecule has 1 saturated heterocycles. The summed E-state index contributed by atoms with van der Waals surface area (Å²) in [6.45, 7) is 5.56. The fraction of sp³-hybridized carbons (Fsp3) is 0.242. The fourth-order valence-electron chi connectivity index (χ4n) is 5.07. The summed E-state index contributed by atoms with van der Waals surface area (Å²) >= 11 is 0. The molecule has 5 rings (SSSR count). The van der Waals surface area contributed by atoms with Gasteiger partial charge in [-0.1, -0.05) is 61.0 Å². The number of imidazole rings is 1. The number of likely N-dealkylation sites (tertiary alicyclic amines) is 1. The number of nitrogens with zero attached hydrogens (tertiary/aromatic N) is 3.